The lowest BCUT2D eigenvalue weighted by Crippen LogP contribution is -2.25. The number of aromatic carboxylic acids is 1. The van der Waals surface area contributed by atoms with Crippen molar-refractivity contribution in [3.05, 3.63) is 71.8 Å². The van der Waals surface area contributed by atoms with Gasteiger partial charge in [-0.25, -0.2) is 9.59 Å². The molecular formula is C26H36ClIO6. The van der Waals surface area contributed by atoms with Gasteiger partial charge in [-0.2, -0.15) is 0 Å². The number of carboxylic acids is 1. The molecule has 6 nitrogen and oxygen atoms in total. The molecule has 2 atom stereocenters. The van der Waals surface area contributed by atoms with Gasteiger partial charge < -0.3 is 19.3 Å². The molecule has 2 aliphatic heterocycles. The molecule has 2 saturated heterocycles. The SMILES string of the molecule is C.CI.ClC1CCCCO1.O=C(O)c1ccccc1.O=C(OC1CCCCO1)c1ccccc1. The van der Waals surface area contributed by atoms with Crippen molar-refractivity contribution in [3.63, 3.8) is 0 Å². The molecule has 8 heteroatoms. The number of ether oxygens (including phenoxy) is 3. The van der Waals surface area contributed by atoms with Crippen LogP contribution >= 0.6 is 34.2 Å². The molecular weight excluding hydrogens is 571 g/mol. The fourth-order valence-corrected chi connectivity index (χ4v) is 3.09. The number of carbonyl (C=O) groups excluding carboxylic acids is 1. The van der Waals surface area contributed by atoms with E-state index >= 15 is 0 Å². The highest BCUT2D eigenvalue weighted by Crippen LogP contribution is 2.16. The van der Waals surface area contributed by atoms with Crippen LogP contribution in [0.15, 0.2) is 60.7 Å². The third-order valence-electron chi connectivity index (χ3n) is 4.53. The third-order valence-corrected chi connectivity index (χ3v) is 4.87. The van der Waals surface area contributed by atoms with Crippen molar-refractivity contribution in [3.8, 4) is 0 Å². The van der Waals surface area contributed by atoms with E-state index in [0.29, 0.717) is 17.7 Å². The van der Waals surface area contributed by atoms with E-state index in [-0.39, 0.29) is 25.2 Å². The summed E-state index contributed by atoms with van der Waals surface area (Å²) < 4.78 is 15.6. The first-order chi connectivity index (χ1) is 16.1. The molecule has 2 fully saturated rings. The maximum Gasteiger partial charge on any atom is 0.340 e. The number of carboxylic acid groups (broad SMARTS) is 1. The summed E-state index contributed by atoms with van der Waals surface area (Å²) in [6, 6.07) is 17.3. The zero-order valence-electron chi connectivity index (χ0n) is 18.8. The quantitative estimate of drug-likeness (QED) is 0.226. The summed E-state index contributed by atoms with van der Waals surface area (Å²) in [5.74, 6) is -1.18. The van der Waals surface area contributed by atoms with Crippen LogP contribution in [0.1, 0.15) is 66.7 Å². The summed E-state index contributed by atoms with van der Waals surface area (Å²) in [7, 11) is 0. The number of hydrogen-bond acceptors (Lipinski definition) is 5. The van der Waals surface area contributed by atoms with Crippen LogP contribution in [0.3, 0.4) is 0 Å². The molecule has 34 heavy (non-hydrogen) atoms. The normalized spacial score (nSPS) is 18.6. The second-order valence-electron chi connectivity index (χ2n) is 7.02. The van der Waals surface area contributed by atoms with Crippen LogP contribution in [-0.4, -0.2) is 47.0 Å². The Morgan fingerprint density at radius 2 is 1.35 bits per heavy atom. The van der Waals surface area contributed by atoms with Crippen LogP contribution in [0, 0.1) is 0 Å². The van der Waals surface area contributed by atoms with E-state index in [9.17, 15) is 9.59 Å². The molecule has 0 spiro atoms. The van der Waals surface area contributed by atoms with Crippen molar-refractivity contribution in [1.82, 2.24) is 0 Å². The molecule has 190 valence electrons. The Bertz CT molecular complexity index is 763. The summed E-state index contributed by atoms with van der Waals surface area (Å²) in [6.07, 6.45) is 6.01. The Hall–Kier alpha value is -1.68. The molecule has 2 aromatic rings. The van der Waals surface area contributed by atoms with Crippen LogP contribution in [0.4, 0.5) is 0 Å². The van der Waals surface area contributed by atoms with Gasteiger partial charge in [0.25, 0.3) is 0 Å². The lowest BCUT2D eigenvalue weighted by Gasteiger charge is -2.22. The van der Waals surface area contributed by atoms with E-state index in [2.05, 4.69) is 22.6 Å². The van der Waals surface area contributed by atoms with Crippen molar-refractivity contribution < 1.29 is 28.9 Å². The first kappa shape index (κ1) is 32.3. The Morgan fingerprint density at radius 3 is 1.71 bits per heavy atom. The van der Waals surface area contributed by atoms with E-state index in [1.165, 1.54) is 12.8 Å². The highest BCUT2D eigenvalue weighted by molar-refractivity contribution is 14.1. The number of hydrogen-bond donors (Lipinski definition) is 1. The number of alkyl halides is 2. The van der Waals surface area contributed by atoms with Crippen molar-refractivity contribution in [1.29, 1.82) is 0 Å². The van der Waals surface area contributed by atoms with Crippen LogP contribution < -0.4 is 0 Å². The zero-order chi connectivity index (χ0) is 24.3. The van der Waals surface area contributed by atoms with Crippen molar-refractivity contribution >= 4 is 46.1 Å². The highest BCUT2D eigenvalue weighted by atomic mass is 127. The van der Waals surface area contributed by atoms with Crippen molar-refractivity contribution in [2.24, 2.45) is 0 Å². The Kier molecular flexibility index (Phi) is 19.7. The first-order valence-corrected chi connectivity index (χ1v) is 13.4. The van der Waals surface area contributed by atoms with Crippen molar-refractivity contribution in [2.45, 2.75) is 57.8 Å². The molecule has 4 rings (SSSR count). The summed E-state index contributed by atoms with van der Waals surface area (Å²) in [5.41, 5.74) is 0.915. The largest absolute Gasteiger partial charge is 0.478 e. The first-order valence-electron chi connectivity index (χ1n) is 10.9. The predicted molar refractivity (Wildman–Crippen MR) is 145 cm³/mol. The summed E-state index contributed by atoms with van der Waals surface area (Å²) in [5, 5.41) is 8.38. The minimum atomic E-state index is -0.879. The van der Waals surface area contributed by atoms with Gasteiger partial charge in [-0.3, -0.25) is 0 Å². The molecule has 0 aliphatic carbocycles. The van der Waals surface area contributed by atoms with Gasteiger partial charge in [-0.1, -0.05) is 78.0 Å². The minimum Gasteiger partial charge on any atom is -0.478 e. The fourth-order valence-electron chi connectivity index (χ4n) is 2.85. The second kappa shape index (κ2) is 20.7. The smallest absolute Gasteiger partial charge is 0.340 e. The molecule has 0 saturated carbocycles. The van der Waals surface area contributed by atoms with E-state index < -0.39 is 5.97 Å². The van der Waals surface area contributed by atoms with Crippen LogP contribution in [0.25, 0.3) is 0 Å². The van der Waals surface area contributed by atoms with Crippen molar-refractivity contribution in [2.75, 3.05) is 18.1 Å². The Balaban J connectivity index is 0.000000493. The van der Waals surface area contributed by atoms with Crippen LogP contribution in [-0.2, 0) is 14.2 Å². The van der Waals surface area contributed by atoms with Gasteiger partial charge in [0.2, 0.25) is 6.29 Å². The summed E-state index contributed by atoms with van der Waals surface area (Å²) in [4.78, 5) is 23.8. The fraction of sp³-hybridized carbons (Fsp3) is 0.462. The highest BCUT2D eigenvalue weighted by Gasteiger charge is 2.18. The standard InChI is InChI=1S/C12H14O3.C7H6O2.C5H9ClO.CH3I.CH4/c13-12(10-6-2-1-3-7-10)15-11-8-4-5-9-14-11;8-7(9)6-4-2-1-3-5-6;6-5-3-1-2-4-7-5;1-2;/h1-3,6-7,11H,4-5,8-9H2;1-5H,(H,8,9);5H,1-4H2;1H3;1H4. The molecule has 2 aromatic carbocycles. The van der Waals surface area contributed by atoms with Gasteiger partial charge in [0.1, 0.15) is 5.56 Å². The third kappa shape index (κ3) is 14.6. The number of esters is 1. The number of rotatable bonds is 3. The molecule has 2 heterocycles. The maximum atomic E-state index is 11.6. The second-order valence-corrected chi connectivity index (χ2v) is 7.50. The number of halogens is 2. The minimum absolute atomic E-state index is 0. The van der Waals surface area contributed by atoms with Gasteiger partial charge in [0.05, 0.1) is 17.7 Å². The van der Waals surface area contributed by atoms with Crippen LogP contribution in [0.5, 0.6) is 0 Å². The van der Waals surface area contributed by atoms with Gasteiger partial charge in [-0.15, -0.1) is 0 Å². The molecule has 0 radical (unpaired) electrons. The average Bonchev–Trinajstić information content (AvgIpc) is 2.88. The van der Waals surface area contributed by atoms with E-state index in [4.69, 9.17) is 30.9 Å². The molecule has 0 amide bonds. The van der Waals surface area contributed by atoms with Gasteiger partial charge in [-0.05, 0) is 61.3 Å². The monoisotopic (exact) mass is 606 g/mol. The van der Waals surface area contributed by atoms with E-state index in [1.54, 1.807) is 42.5 Å². The number of carbonyl (C=O) groups is 2. The lowest BCUT2D eigenvalue weighted by molar-refractivity contribution is -0.131. The molecule has 2 unspecified atom stereocenters. The Labute approximate surface area is 222 Å². The van der Waals surface area contributed by atoms with Gasteiger partial charge >= 0.3 is 11.9 Å². The maximum absolute atomic E-state index is 11.6. The molecule has 0 aromatic heterocycles. The van der Waals surface area contributed by atoms with Gasteiger partial charge in [0, 0.05) is 13.0 Å². The van der Waals surface area contributed by atoms with E-state index in [1.807, 2.05) is 23.1 Å². The number of benzene rings is 2. The lowest BCUT2D eigenvalue weighted by atomic mass is 10.2. The zero-order valence-corrected chi connectivity index (χ0v) is 21.7. The topological polar surface area (TPSA) is 82.1 Å². The molecule has 0 bridgehead atoms. The Morgan fingerprint density at radius 1 is 0.853 bits per heavy atom. The van der Waals surface area contributed by atoms with E-state index in [0.717, 1.165) is 32.3 Å². The summed E-state index contributed by atoms with van der Waals surface area (Å²) >= 11 is 7.74. The molecule has 2 aliphatic rings. The predicted octanol–water partition coefficient (Wildman–Crippen LogP) is 7.19. The van der Waals surface area contributed by atoms with Crippen LogP contribution in [0.2, 0.25) is 0 Å². The van der Waals surface area contributed by atoms with Gasteiger partial charge in [0.15, 0.2) is 0 Å². The molecule has 1 N–H and O–H groups in total. The summed E-state index contributed by atoms with van der Waals surface area (Å²) in [6.45, 7) is 1.54. The average molecular weight is 607 g/mol.